The molecule has 0 N–H and O–H groups in total. The third-order valence-electron chi connectivity index (χ3n) is 5.28. The maximum Gasteiger partial charge on any atom is 0.291 e. The van der Waals surface area contributed by atoms with Crippen molar-refractivity contribution in [3.05, 3.63) is 99.9 Å². The fourth-order valence-corrected chi connectivity index (χ4v) is 4.12. The Hall–Kier alpha value is -3.60. The molecule has 0 bridgehead atoms. The van der Waals surface area contributed by atoms with E-state index in [1.165, 1.54) is 0 Å². The van der Waals surface area contributed by atoms with Gasteiger partial charge < -0.3 is 14.1 Å². The molecular weight excluding hydrogens is 378 g/mol. The largest absolute Gasteiger partial charge is 0.490 e. The van der Waals surface area contributed by atoms with E-state index in [9.17, 15) is 9.59 Å². The second kappa shape index (κ2) is 7.67. The van der Waals surface area contributed by atoms with Gasteiger partial charge in [0.05, 0.1) is 17.0 Å². The first kappa shape index (κ1) is 19.7. The molecule has 152 valence electrons. The Labute approximate surface area is 174 Å². The van der Waals surface area contributed by atoms with Crippen molar-refractivity contribution in [3.8, 4) is 5.75 Å². The third kappa shape index (κ3) is 3.12. The second-order valence-electron chi connectivity index (χ2n) is 7.45. The van der Waals surface area contributed by atoms with E-state index in [0.717, 1.165) is 16.7 Å². The van der Waals surface area contributed by atoms with E-state index in [0.29, 0.717) is 35.4 Å². The zero-order valence-electron chi connectivity index (χ0n) is 17.1. The van der Waals surface area contributed by atoms with E-state index < -0.39 is 6.04 Å². The molecule has 5 heteroatoms. The molecule has 1 amide bonds. The maximum absolute atomic E-state index is 13.6. The van der Waals surface area contributed by atoms with Crippen molar-refractivity contribution >= 4 is 16.9 Å². The molecular formula is C25H23NO4. The number of aryl methyl sites for hydroxylation is 2. The van der Waals surface area contributed by atoms with Crippen LogP contribution >= 0.6 is 0 Å². The molecule has 1 aromatic heterocycles. The van der Waals surface area contributed by atoms with Crippen LogP contribution in [0.1, 0.15) is 38.9 Å². The summed E-state index contributed by atoms with van der Waals surface area (Å²) in [4.78, 5) is 28.4. The minimum atomic E-state index is -0.570. The zero-order valence-corrected chi connectivity index (χ0v) is 17.1. The van der Waals surface area contributed by atoms with Crippen molar-refractivity contribution in [3.63, 3.8) is 0 Å². The lowest BCUT2D eigenvalue weighted by atomic mass is 9.96. The number of hydrogen-bond acceptors (Lipinski definition) is 4. The lowest BCUT2D eigenvalue weighted by Gasteiger charge is -2.24. The van der Waals surface area contributed by atoms with Crippen LogP contribution in [0.4, 0.5) is 0 Å². The van der Waals surface area contributed by atoms with Crippen LogP contribution in [0.2, 0.25) is 0 Å². The van der Waals surface area contributed by atoms with Crippen molar-refractivity contribution in [2.75, 3.05) is 13.2 Å². The SMILES string of the molecule is C=CCOc1cccc(C2c3c(oc4cc(C)cc(C)c4c3=O)C(=O)N2CC=C)c1. The molecule has 4 rings (SSSR count). The summed E-state index contributed by atoms with van der Waals surface area (Å²) in [6.45, 7) is 11.9. The summed E-state index contributed by atoms with van der Waals surface area (Å²) in [5.41, 5.74) is 3.21. The molecule has 0 aliphatic carbocycles. The van der Waals surface area contributed by atoms with E-state index >= 15 is 0 Å². The molecule has 1 atom stereocenters. The first-order valence-electron chi connectivity index (χ1n) is 9.79. The van der Waals surface area contributed by atoms with Crippen LogP contribution in [0, 0.1) is 13.8 Å². The average molecular weight is 401 g/mol. The van der Waals surface area contributed by atoms with Crippen LogP contribution in [-0.4, -0.2) is 24.0 Å². The molecule has 5 nitrogen and oxygen atoms in total. The van der Waals surface area contributed by atoms with E-state index in [2.05, 4.69) is 13.2 Å². The standard InChI is InChI=1S/C25H23NO4/c1-5-10-26-22(17-8-7-9-18(14-17)29-11-6-2)21-23(27)20-16(4)12-15(3)13-19(20)30-24(21)25(26)28/h5-9,12-14,22H,1-2,10-11H2,3-4H3. The summed E-state index contributed by atoms with van der Waals surface area (Å²) in [7, 11) is 0. The summed E-state index contributed by atoms with van der Waals surface area (Å²) in [6, 6.07) is 10.6. The number of nitrogens with zero attached hydrogens (tertiary/aromatic N) is 1. The van der Waals surface area contributed by atoms with E-state index in [1.807, 2.05) is 44.2 Å². The second-order valence-corrected chi connectivity index (χ2v) is 7.45. The summed E-state index contributed by atoms with van der Waals surface area (Å²) in [6.07, 6.45) is 3.31. The lowest BCUT2D eigenvalue weighted by molar-refractivity contribution is 0.0748. The molecule has 1 unspecified atom stereocenters. The topological polar surface area (TPSA) is 59.8 Å². The number of hydrogen-bond donors (Lipinski definition) is 0. The Bertz CT molecular complexity index is 1240. The fourth-order valence-electron chi connectivity index (χ4n) is 4.12. The number of ether oxygens (including phenoxy) is 1. The lowest BCUT2D eigenvalue weighted by Crippen LogP contribution is -2.29. The monoisotopic (exact) mass is 401 g/mol. The summed E-state index contributed by atoms with van der Waals surface area (Å²) < 4.78 is 11.7. The van der Waals surface area contributed by atoms with Crippen LogP contribution in [0.5, 0.6) is 5.75 Å². The van der Waals surface area contributed by atoms with Gasteiger partial charge in [-0.2, -0.15) is 0 Å². The Morgan fingerprint density at radius 3 is 2.67 bits per heavy atom. The highest BCUT2D eigenvalue weighted by atomic mass is 16.5. The zero-order chi connectivity index (χ0) is 21.4. The Kier molecular flexibility index (Phi) is 5.04. The first-order chi connectivity index (χ1) is 14.5. The van der Waals surface area contributed by atoms with E-state index in [1.54, 1.807) is 23.1 Å². The van der Waals surface area contributed by atoms with E-state index in [-0.39, 0.29) is 17.1 Å². The van der Waals surface area contributed by atoms with Gasteiger partial charge in [-0.3, -0.25) is 9.59 Å². The quantitative estimate of drug-likeness (QED) is 0.562. The van der Waals surface area contributed by atoms with Crippen molar-refractivity contribution in [1.82, 2.24) is 4.90 Å². The Morgan fingerprint density at radius 1 is 1.13 bits per heavy atom. The molecule has 0 radical (unpaired) electrons. The van der Waals surface area contributed by atoms with Gasteiger partial charge in [0.2, 0.25) is 5.76 Å². The minimum Gasteiger partial charge on any atom is -0.490 e. The van der Waals surface area contributed by atoms with Crippen LogP contribution in [0.25, 0.3) is 11.0 Å². The number of benzene rings is 2. The van der Waals surface area contributed by atoms with Gasteiger partial charge in [-0.05, 0) is 48.7 Å². The normalized spacial score (nSPS) is 15.3. The highest BCUT2D eigenvalue weighted by molar-refractivity contribution is 5.99. The van der Waals surface area contributed by atoms with Gasteiger partial charge in [-0.1, -0.05) is 36.9 Å². The molecule has 0 saturated heterocycles. The summed E-state index contributed by atoms with van der Waals surface area (Å²) in [5, 5.41) is 0.511. The van der Waals surface area contributed by atoms with Crippen LogP contribution in [0.3, 0.4) is 0 Å². The Balaban J connectivity index is 1.97. The molecule has 0 saturated carbocycles. The average Bonchev–Trinajstić information content (AvgIpc) is 2.99. The van der Waals surface area contributed by atoms with Gasteiger partial charge in [-0.25, -0.2) is 0 Å². The number of carbonyl (C=O) groups excluding carboxylic acids is 1. The molecule has 1 aliphatic heterocycles. The van der Waals surface area contributed by atoms with E-state index in [4.69, 9.17) is 9.15 Å². The van der Waals surface area contributed by atoms with Gasteiger partial charge in [0.1, 0.15) is 17.9 Å². The molecule has 2 aromatic carbocycles. The fraction of sp³-hybridized carbons (Fsp3) is 0.200. The number of amides is 1. The summed E-state index contributed by atoms with van der Waals surface area (Å²) in [5.74, 6) is 0.427. The van der Waals surface area contributed by atoms with Gasteiger partial charge >= 0.3 is 0 Å². The van der Waals surface area contributed by atoms with Gasteiger partial charge in [0.15, 0.2) is 5.43 Å². The Morgan fingerprint density at radius 2 is 1.93 bits per heavy atom. The summed E-state index contributed by atoms with van der Waals surface area (Å²) >= 11 is 0. The van der Waals surface area contributed by atoms with Gasteiger partial charge in [-0.15, -0.1) is 6.58 Å². The van der Waals surface area contributed by atoms with Crippen LogP contribution in [-0.2, 0) is 0 Å². The smallest absolute Gasteiger partial charge is 0.291 e. The highest BCUT2D eigenvalue weighted by Gasteiger charge is 2.42. The first-order valence-corrected chi connectivity index (χ1v) is 9.79. The maximum atomic E-state index is 13.6. The van der Waals surface area contributed by atoms with Crippen LogP contribution < -0.4 is 10.2 Å². The molecule has 1 aliphatic rings. The number of rotatable bonds is 6. The molecule has 30 heavy (non-hydrogen) atoms. The van der Waals surface area contributed by atoms with Crippen molar-refractivity contribution in [1.29, 1.82) is 0 Å². The van der Waals surface area contributed by atoms with Gasteiger partial charge in [0, 0.05) is 6.54 Å². The predicted octanol–water partition coefficient (Wildman–Crippen LogP) is 4.71. The van der Waals surface area contributed by atoms with Gasteiger partial charge in [0.25, 0.3) is 5.91 Å². The molecule has 0 spiro atoms. The number of fused-ring (bicyclic) bond motifs is 2. The highest BCUT2D eigenvalue weighted by Crippen LogP contribution is 2.39. The molecule has 2 heterocycles. The molecule has 3 aromatic rings. The number of carbonyl (C=O) groups is 1. The predicted molar refractivity (Wildman–Crippen MR) is 117 cm³/mol. The minimum absolute atomic E-state index is 0.0989. The van der Waals surface area contributed by atoms with Crippen molar-refractivity contribution < 1.29 is 13.9 Å². The van der Waals surface area contributed by atoms with Crippen LogP contribution in [0.15, 0.2) is 70.9 Å². The molecule has 0 fully saturated rings. The third-order valence-corrected chi connectivity index (χ3v) is 5.28. The van der Waals surface area contributed by atoms with Crippen molar-refractivity contribution in [2.45, 2.75) is 19.9 Å². The van der Waals surface area contributed by atoms with Crippen molar-refractivity contribution in [2.24, 2.45) is 0 Å².